The smallest absolute Gasteiger partial charge is 0.209 e. The molecule has 0 radical (unpaired) electrons. The van der Waals surface area contributed by atoms with Crippen LogP contribution in [0.15, 0.2) is 84.5 Å². The van der Waals surface area contributed by atoms with Crippen LogP contribution in [0.5, 0.6) is 0 Å². The van der Waals surface area contributed by atoms with Gasteiger partial charge in [-0.15, -0.1) is 0 Å². The van der Waals surface area contributed by atoms with Crippen LogP contribution < -0.4 is 28.9 Å². The van der Waals surface area contributed by atoms with E-state index in [1.54, 1.807) is 0 Å². The van der Waals surface area contributed by atoms with Crippen LogP contribution in [0.1, 0.15) is 52.2 Å². The van der Waals surface area contributed by atoms with Gasteiger partial charge in [-0.1, -0.05) is 80.1 Å². The normalized spacial score (nSPS) is 21.0. The highest BCUT2D eigenvalue weighted by Crippen LogP contribution is 2.45. The first-order chi connectivity index (χ1) is 15.2. The molecule has 3 heteroatoms. The van der Waals surface area contributed by atoms with E-state index in [2.05, 4.69) is 137 Å². The molecule has 33 heavy (non-hydrogen) atoms. The van der Waals surface area contributed by atoms with Crippen molar-refractivity contribution >= 4 is 17.1 Å². The molecular weight excluding hydrogens is 515 g/mol. The maximum absolute atomic E-state index is 2.45. The maximum atomic E-state index is 2.45. The van der Waals surface area contributed by atoms with E-state index in [1.807, 2.05) is 0 Å². The van der Waals surface area contributed by atoms with Crippen LogP contribution in [0, 0.1) is 0 Å². The molecule has 1 atom stereocenters. The summed E-state index contributed by atoms with van der Waals surface area (Å²) in [6.07, 6.45) is 12.3. The van der Waals surface area contributed by atoms with Crippen LogP contribution in [0.25, 0.3) is 0 Å². The number of likely N-dealkylation sites (N-methyl/N-ethyl adjacent to an activating group) is 1. The van der Waals surface area contributed by atoms with Crippen molar-refractivity contribution in [3.05, 3.63) is 95.6 Å². The predicted molar refractivity (Wildman–Crippen MR) is 139 cm³/mol. The van der Waals surface area contributed by atoms with E-state index in [9.17, 15) is 0 Å². The number of fused-ring (bicyclic) bond motifs is 2. The number of hydrogen-bond donors (Lipinski definition) is 0. The van der Waals surface area contributed by atoms with Crippen molar-refractivity contribution in [2.24, 2.45) is 0 Å². The summed E-state index contributed by atoms with van der Waals surface area (Å²) in [4.78, 5) is 2.45. The molecule has 0 spiro atoms. The van der Waals surface area contributed by atoms with Crippen molar-refractivity contribution in [2.45, 2.75) is 57.9 Å². The van der Waals surface area contributed by atoms with Gasteiger partial charge in [-0.2, -0.15) is 4.58 Å². The Kier molecular flexibility index (Phi) is 7.42. The Balaban J connectivity index is 0.00000306. The second kappa shape index (κ2) is 9.61. The third-order valence-corrected chi connectivity index (χ3v) is 7.61. The standard InChI is InChI=1S/C30H37N2.HI/c1-22(20-21-28-30(4,5)24-16-10-12-18-26(24)32(28)7)14-8-13-19-27-29(2,3)23-15-9-11-17-25(23)31(27)6;/h8-20,28H,21H2,1-7H3;1H/q+1;/p-1. The number of nitrogens with zero attached hydrogens (tertiary/aromatic N) is 2. The topological polar surface area (TPSA) is 6.25 Å². The lowest BCUT2D eigenvalue weighted by Crippen LogP contribution is -3.00. The number of rotatable bonds is 5. The van der Waals surface area contributed by atoms with Crippen molar-refractivity contribution < 1.29 is 28.6 Å². The predicted octanol–water partition coefficient (Wildman–Crippen LogP) is 3.94. The van der Waals surface area contributed by atoms with Gasteiger partial charge in [-0.3, -0.25) is 0 Å². The highest BCUT2D eigenvalue weighted by molar-refractivity contribution is 6.03. The monoisotopic (exact) mass is 552 g/mol. The van der Waals surface area contributed by atoms with Crippen molar-refractivity contribution in [2.75, 3.05) is 19.0 Å². The van der Waals surface area contributed by atoms with E-state index in [0.717, 1.165) is 6.42 Å². The summed E-state index contributed by atoms with van der Waals surface area (Å²) in [5.41, 5.74) is 8.34. The minimum Gasteiger partial charge on any atom is -1.00 e. The number of hydrogen-bond acceptors (Lipinski definition) is 1. The van der Waals surface area contributed by atoms with Crippen LogP contribution in [-0.4, -0.2) is 30.4 Å². The fraction of sp³-hybridized carbons (Fsp3) is 0.367. The van der Waals surface area contributed by atoms with E-state index >= 15 is 0 Å². The average molecular weight is 553 g/mol. The summed E-state index contributed by atoms with van der Waals surface area (Å²) >= 11 is 0. The lowest BCUT2D eigenvalue weighted by atomic mass is 9.79. The summed E-state index contributed by atoms with van der Waals surface area (Å²) in [6.45, 7) is 11.6. The summed E-state index contributed by atoms with van der Waals surface area (Å²) < 4.78 is 2.32. The molecule has 2 nitrogen and oxygen atoms in total. The van der Waals surface area contributed by atoms with Crippen molar-refractivity contribution in [3.8, 4) is 0 Å². The summed E-state index contributed by atoms with van der Waals surface area (Å²) in [7, 11) is 4.40. The SMILES string of the molecule is CC(C=CC=CC1=[N+](C)c2ccccc2C1(C)C)=CCC1N(C)c2ccccc2C1(C)C.[I-]. The molecule has 0 saturated heterocycles. The van der Waals surface area contributed by atoms with E-state index in [-0.39, 0.29) is 34.8 Å². The van der Waals surface area contributed by atoms with Gasteiger partial charge in [-0.25, -0.2) is 0 Å². The minimum absolute atomic E-state index is 0. The van der Waals surface area contributed by atoms with Gasteiger partial charge in [0.25, 0.3) is 0 Å². The lowest BCUT2D eigenvalue weighted by molar-refractivity contribution is -0.401. The maximum Gasteiger partial charge on any atom is 0.209 e. The number of halogens is 1. The minimum atomic E-state index is 0. The number of anilines is 1. The van der Waals surface area contributed by atoms with Gasteiger partial charge in [0.2, 0.25) is 5.69 Å². The Morgan fingerprint density at radius 2 is 1.61 bits per heavy atom. The molecule has 0 amide bonds. The first-order valence-electron chi connectivity index (χ1n) is 11.7. The van der Waals surface area contributed by atoms with E-state index in [0.29, 0.717) is 6.04 Å². The second-order valence-electron chi connectivity index (χ2n) is 10.4. The number of benzene rings is 2. The molecule has 174 valence electrons. The first kappa shape index (κ1) is 25.5. The number of allylic oxidation sites excluding steroid dienone is 5. The fourth-order valence-electron chi connectivity index (χ4n) is 5.63. The van der Waals surface area contributed by atoms with Crippen LogP contribution in [0.4, 0.5) is 11.4 Å². The fourth-order valence-corrected chi connectivity index (χ4v) is 5.63. The van der Waals surface area contributed by atoms with Crippen LogP contribution in [-0.2, 0) is 10.8 Å². The molecule has 0 aliphatic carbocycles. The van der Waals surface area contributed by atoms with Crippen molar-refractivity contribution in [3.63, 3.8) is 0 Å². The molecule has 4 rings (SSSR count). The Labute approximate surface area is 217 Å². The van der Waals surface area contributed by atoms with E-state index in [4.69, 9.17) is 0 Å². The van der Waals surface area contributed by atoms with Gasteiger partial charge in [0.1, 0.15) is 7.05 Å². The van der Waals surface area contributed by atoms with Gasteiger partial charge < -0.3 is 28.9 Å². The zero-order chi connectivity index (χ0) is 23.1. The average Bonchev–Trinajstić information content (AvgIpc) is 3.09. The molecule has 0 N–H and O–H groups in total. The van der Waals surface area contributed by atoms with Crippen LogP contribution >= 0.6 is 0 Å². The van der Waals surface area contributed by atoms with E-state index in [1.165, 1.54) is 33.8 Å². The lowest BCUT2D eigenvalue weighted by Gasteiger charge is -2.31. The molecule has 2 heterocycles. The van der Waals surface area contributed by atoms with E-state index < -0.39 is 0 Å². The third kappa shape index (κ3) is 4.49. The Morgan fingerprint density at radius 3 is 2.27 bits per heavy atom. The van der Waals surface area contributed by atoms with Gasteiger partial charge in [0.05, 0.1) is 5.41 Å². The molecular formula is C30H37IN2. The molecule has 2 aromatic carbocycles. The Bertz CT molecular complexity index is 1150. The molecule has 0 bridgehead atoms. The number of para-hydroxylation sites is 2. The molecule has 0 aromatic heterocycles. The summed E-state index contributed by atoms with van der Waals surface area (Å²) in [5.74, 6) is 0. The second-order valence-corrected chi connectivity index (χ2v) is 10.4. The first-order valence-corrected chi connectivity index (χ1v) is 11.7. The molecule has 2 aromatic rings. The summed E-state index contributed by atoms with van der Waals surface area (Å²) in [6, 6.07) is 18.0. The molecule has 2 aliphatic heterocycles. The van der Waals surface area contributed by atoms with Gasteiger partial charge in [0.15, 0.2) is 5.71 Å². The quantitative estimate of drug-likeness (QED) is 0.310. The molecule has 1 unspecified atom stereocenters. The van der Waals surface area contributed by atoms with Crippen molar-refractivity contribution in [1.82, 2.24) is 0 Å². The molecule has 2 aliphatic rings. The molecule has 0 fully saturated rings. The largest absolute Gasteiger partial charge is 1.00 e. The Hall–Kier alpha value is -2.14. The van der Waals surface area contributed by atoms with Crippen molar-refractivity contribution in [1.29, 1.82) is 0 Å². The highest BCUT2D eigenvalue weighted by atomic mass is 127. The Morgan fingerprint density at radius 1 is 0.970 bits per heavy atom. The van der Waals surface area contributed by atoms with Gasteiger partial charge in [0, 0.05) is 41.9 Å². The molecule has 0 saturated carbocycles. The van der Waals surface area contributed by atoms with Crippen LogP contribution in [0.2, 0.25) is 0 Å². The third-order valence-electron chi connectivity index (χ3n) is 7.61. The highest BCUT2D eigenvalue weighted by Gasteiger charge is 2.43. The van der Waals surface area contributed by atoms with Gasteiger partial charge >= 0.3 is 0 Å². The summed E-state index contributed by atoms with van der Waals surface area (Å²) in [5, 5.41) is 0. The zero-order valence-electron chi connectivity index (χ0n) is 21.1. The zero-order valence-corrected chi connectivity index (χ0v) is 23.2. The van der Waals surface area contributed by atoms with Crippen LogP contribution in [0.3, 0.4) is 0 Å². The van der Waals surface area contributed by atoms with Gasteiger partial charge in [-0.05, 0) is 38.8 Å².